The van der Waals surface area contributed by atoms with Crippen molar-refractivity contribution in [2.24, 2.45) is 68.5 Å². The van der Waals surface area contributed by atoms with E-state index < -0.39 is 61.6 Å². The molecule has 52 heavy (non-hydrogen) atoms. The highest BCUT2D eigenvalue weighted by molar-refractivity contribution is 5.73. The Morgan fingerprint density at radius 2 is 1.37 bits per heavy atom. The van der Waals surface area contributed by atoms with Gasteiger partial charge in [-0.2, -0.15) is 0 Å². The standard InChI is InChI=1S/C42H72O10/c1-22-19-38(3,4)28-15-18-42(8)30(40(28,6)20-22)12-11-29-39(5)16-13-24(25(39)14-17-41(29,42)7)23(2)9-10-26(43)31(45)27(44)21-51-37-34(48)32(46)33(47)35(52-37)36(49)50/h22-35,37,43-48H,9-21H2,1-8H3,(H,49,50)/t22-,23-,24-,25+,26?,27?,28+,29-,30-,31?,32+,33-,34-,35+,37-,39+,40+,41-,42-/m1/s1. The van der Waals surface area contributed by atoms with E-state index in [1.165, 1.54) is 64.2 Å². The van der Waals surface area contributed by atoms with Crippen molar-refractivity contribution in [1.29, 1.82) is 0 Å². The monoisotopic (exact) mass is 737 g/mol. The zero-order valence-corrected chi connectivity index (χ0v) is 33.2. The minimum absolute atomic E-state index is 0.303. The van der Waals surface area contributed by atoms with Gasteiger partial charge in [-0.1, -0.05) is 55.4 Å². The van der Waals surface area contributed by atoms with Crippen LogP contribution in [0.1, 0.15) is 132 Å². The van der Waals surface area contributed by atoms with Crippen molar-refractivity contribution in [1.82, 2.24) is 0 Å². The van der Waals surface area contributed by atoms with Gasteiger partial charge < -0.3 is 45.2 Å². The van der Waals surface area contributed by atoms with Gasteiger partial charge in [-0.25, -0.2) is 4.79 Å². The Morgan fingerprint density at radius 1 is 0.750 bits per heavy atom. The second kappa shape index (κ2) is 14.3. The molecule has 0 amide bonds. The van der Waals surface area contributed by atoms with Crippen molar-refractivity contribution in [3.8, 4) is 0 Å². The van der Waals surface area contributed by atoms with E-state index in [1.54, 1.807) is 0 Å². The molecule has 0 bridgehead atoms. The highest BCUT2D eigenvalue weighted by Gasteiger charge is 2.70. The van der Waals surface area contributed by atoms with Crippen LogP contribution in [0, 0.1) is 68.5 Å². The number of aliphatic carboxylic acids is 1. The van der Waals surface area contributed by atoms with Crippen LogP contribution in [0.15, 0.2) is 0 Å². The lowest BCUT2D eigenvalue weighted by Gasteiger charge is -2.73. The maximum atomic E-state index is 11.4. The number of hydrogen-bond acceptors (Lipinski definition) is 9. The molecule has 1 heterocycles. The first-order valence-corrected chi connectivity index (χ1v) is 20.7. The average Bonchev–Trinajstić information content (AvgIpc) is 3.41. The van der Waals surface area contributed by atoms with Gasteiger partial charge in [0.1, 0.15) is 30.5 Å². The Hall–Kier alpha value is -0.850. The van der Waals surface area contributed by atoms with Gasteiger partial charge in [-0.05, 0) is 146 Å². The number of rotatable bonds is 10. The normalized spacial score (nSPS) is 50.8. The van der Waals surface area contributed by atoms with Gasteiger partial charge in [-0.3, -0.25) is 0 Å². The van der Waals surface area contributed by atoms with Gasteiger partial charge in [0, 0.05) is 0 Å². The number of carboxylic acid groups (broad SMARTS) is 1. The molecular formula is C42H72O10. The van der Waals surface area contributed by atoms with Crippen LogP contribution in [-0.4, -0.2) is 97.3 Å². The fraction of sp³-hybridized carbons (Fsp3) is 0.976. The molecular weight excluding hydrogens is 664 g/mol. The summed E-state index contributed by atoms with van der Waals surface area (Å²) in [6.07, 6.45) is 0.972. The zero-order chi connectivity index (χ0) is 38.3. The predicted octanol–water partition coefficient (Wildman–Crippen LogP) is 5.13. The maximum Gasteiger partial charge on any atom is 0.335 e. The van der Waals surface area contributed by atoms with Crippen molar-refractivity contribution >= 4 is 5.97 Å². The lowest BCUT2D eigenvalue weighted by atomic mass is 9.31. The molecule has 7 N–H and O–H groups in total. The van der Waals surface area contributed by atoms with E-state index >= 15 is 0 Å². The summed E-state index contributed by atoms with van der Waals surface area (Å²) in [5.74, 6) is 3.12. The predicted molar refractivity (Wildman–Crippen MR) is 196 cm³/mol. The molecule has 300 valence electrons. The molecule has 6 rings (SSSR count). The number of hydrogen-bond donors (Lipinski definition) is 7. The molecule has 0 radical (unpaired) electrons. The summed E-state index contributed by atoms with van der Waals surface area (Å²) < 4.78 is 10.4. The zero-order valence-electron chi connectivity index (χ0n) is 33.2. The summed E-state index contributed by atoms with van der Waals surface area (Å²) in [6.45, 7) is 20.1. The van der Waals surface area contributed by atoms with Gasteiger partial charge in [0.2, 0.25) is 0 Å². The van der Waals surface area contributed by atoms with Crippen LogP contribution < -0.4 is 0 Å². The summed E-state index contributed by atoms with van der Waals surface area (Å²) in [6, 6.07) is 0. The maximum absolute atomic E-state index is 11.4. The van der Waals surface area contributed by atoms with Gasteiger partial charge in [0.15, 0.2) is 12.4 Å². The Bertz CT molecular complexity index is 1290. The van der Waals surface area contributed by atoms with Gasteiger partial charge in [0.05, 0.1) is 12.7 Å². The minimum atomic E-state index is -1.86. The van der Waals surface area contributed by atoms with Crippen LogP contribution in [0.5, 0.6) is 0 Å². The minimum Gasteiger partial charge on any atom is -0.479 e. The quantitative estimate of drug-likeness (QED) is 0.159. The van der Waals surface area contributed by atoms with Crippen LogP contribution in [0.4, 0.5) is 0 Å². The Balaban J connectivity index is 1.05. The number of aliphatic hydroxyl groups excluding tert-OH is 6. The third kappa shape index (κ3) is 6.43. The molecule has 1 saturated heterocycles. The van der Waals surface area contributed by atoms with Crippen LogP contribution in [0.2, 0.25) is 0 Å². The summed E-state index contributed by atoms with van der Waals surface area (Å²) in [4.78, 5) is 11.4. The SMILES string of the molecule is C[C@@H]1CC(C)(C)[C@@H]2CC[C@]3(C)[C@H](CC[C@@H]4[C@@]5(C)CC[C@H]([C@H](C)CCC(O)C(O)C(O)CO[C@@H]6O[C@H](C(=O)O)[C@H](O)[C@H](O)[C@H]6O)[C@@H]5CC[C@]43C)[C@@]2(C)C1. The van der Waals surface area contributed by atoms with E-state index in [0.717, 1.165) is 23.7 Å². The number of carboxylic acids is 1. The molecule has 0 aromatic carbocycles. The van der Waals surface area contributed by atoms with Crippen molar-refractivity contribution in [2.45, 2.75) is 181 Å². The summed E-state index contributed by atoms with van der Waals surface area (Å²) in [7, 11) is 0. The van der Waals surface area contributed by atoms with Crippen molar-refractivity contribution in [3.05, 3.63) is 0 Å². The fourth-order valence-electron chi connectivity index (χ4n) is 15.3. The Kier molecular flexibility index (Phi) is 11.2. The largest absolute Gasteiger partial charge is 0.479 e. The summed E-state index contributed by atoms with van der Waals surface area (Å²) in [5, 5.41) is 71.7. The first-order valence-electron chi connectivity index (χ1n) is 20.7. The lowest BCUT2D eigenvalue weighted by molar-refractivity contribution is -0.299. The van der Waals surface area contributed by atoms with E-state index in [-0.39, 0.29) is 0 Å². The molecule has 6 aliphatic rings. The van der Waals surface area contributed by atoms with Crippen LogP contribution in [0.25, 0.3) is 0 Å². The van der Waals surface area contributed by atoms with Gasteiger partial charge >= 0.3 is 5.97 Å². The van der Waals surface area contributed by atoms with Gasteiger partial charge in [0.25, 0.3) is 0 Å². The molecule has 5 aliphatic carbocycles. The molecule has 5 saturated carbocycles. The van der Waals surface area contributed by atoms with E-state index in [0.29, 0.717) is 57.7 Å². The van der Waals surface area contributed by atoms with Gasteiger partial charge in [-0.15, -0.1) is 0 Å². The molecule has 10 heteroatoms. The van der Waals surface area contributed by atoms with Crippen molar-refractivity contribution in [3.63, 3.8) is 0 Å². The van der Waals surface area contributed by atoms with Crippen LogP contribution in [0.3, 0.4) is 0 Å². The topological polar surface area (TPSA) is 177 Å². The number of fused-ring (bicyclic) bond motifs is 7. The molecule has 19 atom stereocenters. The highest BCUT2D eigenvalue weighted by Crippen LogP contribution is 2.78. The van der Waals surface area contributed by atoms with E-state index in [2.05, 4.69) is 55.4 Å². The van der Waals surface area contributed by atoms with E-state index in [9.17, 15) is 40.5 Å². The number of carbonyl (C=O) groups is 1. The van der Waals surface area contributed by atoms with Crippen LogP contribution >= 0.6 is 0 Å². The second-order valence-corrected chi connectivity index (χ2v) is 20.7. The summed E-state index contributed by atoms with van der Waals surface area (Å²) >= 11 is 0. The molecule has 1 aliphatic heterocycles. The lowest BCUT2D eigenvalue weighted by Crippen LogP contribution is -2.66. The molecule has 0 aromatic heterocycles. The van der Waals surface area contributed by atoms with E-state index in [4.69, 9.17) is 9.47 Å². The second-order valence-electron chi connectivity index (χ2n) is 20.7. The molecule has 6 fully saturated rings. The molecule has 3 unspecified atom stereocenters. The molecule has 10 nitrogen and oxygen atoms in total. The number of aliphatic hydroxyl groups is 6. The summed E-state index contributed by atoms with van der Waals surface area (Å²) in [5.41, 5.74) is 1.82. The van der Waals surface area contributed by atoms with Crippen LogP contribution in [-0.2, 0) is 14.3 Å². The Labute approximate surface area is 312 Å². The smallest absolute Gasteiger partial charge is 0.335 e. The average molecular weight is 737 g/mol. The molecule has 0 aromatic rings. The van der Waals surface area contributed by atoms with E-state index in [1.807, 2.05) is 0 Å². The first kappa shape index (κ1) is 40.8. The third-order valence-electron chi connectivity index (χ3n) is 17.6. The Morgan fingerprint density at radius 3 is 2.00 bits per heavy atom. The fourth-order valence-corrected chi connectivity index (χ4v) is 15.3. The van der Waals surface area contributed by atoms with Crippen molar-refractivity contribution in [2.75, 3.05) is 6.61 Å². The highest BCUT2D eigenvalue weighted by atomic mass is 16.7. The molecule has 0 spiro atoms. The number of ether oxygens (including phenoxy) is 2. The first-order chi connectivity index (χ1) is 24.1. The van der Waals surface area contributed by atoms with Crippen molar-refractivity contribution < 1.29 is 50.0 Å². The third-order valence-corrected chi connectivity index (χ3v) is 17.6.